The Labute approximate surface area is 118 Å². The predicted molar refractivity (Wildman–Crippen MR) is 76.7 cm³/mol. The molecule has 1 aromatic rings. The molecule has 0 aromatic heterocycles. The number of hydrogen-bond acceptors (Lipinski definition) is 2. The van der Waals surface area contributed by atoms with Crippen molar-refractivity contribution >= 4 is 17.7 Å². The van der Waals surface area contributed by atoms with Crippen LogP contribution in [0, 0.1) is 5.92 Å². The molecule has 2 atom stereocenters. The van der Waals surface area contributed by atoms with Gasteiger partial charge in [0.05, 0.1) is 0 Å². The number of carbonyl (C=O) groups is 2. The number of anilines is 1. The number of aliphatic carboxylic acids is 1. The average molecular weight is 276 g/mol. The fraction of sp³-hybridized carbons (Fsp3) is 0.467. The van der Waals surface area contributed by atoms with Crippen molar-refractivity contribution in [3.8, 4) is 0 Å². The van der Waals surface area contributed by atoms with Crippen LogP contribution in [-0.4, -0.2) is 23.1 Å². The van der Waals surface area contributed by atoms with Crippen LogP contribution in [0.4, 0.5) is 10.5 Å². The number of hydrogen-bond donors (Lipinski definition) is 3. The first-order valence-corrected chi connectivity index (χ1v) is 6.96. The third kappa shape index (κ3) is 4.26. The smallest absolute Gasteiger partial charge is 0.319 e. The van der Waals surface area contributed by atoms with Crippen molar-refractivity contribution in [1.29, 1.82) is 0 Å². The zero-order valence-corrected chi connectivity index (χ0v) is 11.6. The maximum atomic E-state index is 11.8. The lowest BCUT2D eigenvalue weighted by atomic mass is 10.1. The van der Waals surface area contributed by atoms with Gasteiger partial charge in [-0.3, -0.25) is 4.79 Å². The summed E-state index contributed by atoms with van der Waals surface area (Å²) in [7, 11) is 0. The predicted octanol–water partition coefficient (Wildman–Crippen LogP) is 2.62. The van der Waals surface area contributed by atoms with Gasteiger partial charge in [-0.15, -0.1) is 0 Å². The van der Waals surface area contributed by atoms with E-state index in [9.17, 15) is 9.59 Å². The van der Waals surface area contributed by atoms with Crippen LogP contribution in [-0.2, 0) is 11.2 Å². The molecule has 1 aromatic carbocycles. The molecule has 5 heteroatoms. The third-order valence-corrected chi connectivity index (χ3v) is 3.58. The molecule has 1 fully saturated rings. The zero-order chi connectivity index (χ0) is 14.5. The van der Waals surface area contributed by atoms with Crippen molar-refractivity contribution in [2.24, 2.45) is 5.92 Å². The highest BCUT2D eigenvalue weighted by Gasteiger charge is 2.36. The van der Waals surface area contributed by atoms with E-state index in [1.165, 1.54) is 0 Å². The molecule has 5 nitrogen and oxygen atoms in total. The van der Waals surface area contributed by atoms with Crippen LogP contribution in [0.15, 0.2) is 24.3 Å². The van der Waals surface area contributed by atoms with E-state index in [1.807, 2.05) is 18.2 Å². The SMILES string of the molecule is CCC1CC1NC(=O)Nc1cccc(CCC(=O)O)c1. The summed E-state index contributed by atoms with van der Waals surface area (Å²) < 4.78 is 0. The normalized spacial score (nSPS) is 20.2. The van der Waals surface area contributed by atoms with Crippen LogP contribution in [0.2, 0.25) is 0 Å². The van der Waals surface area contributed by atoms with E-state index in [2.05, 4.69) is 17.6 Å². The first kappa shape index (κ1) is 14.4. The summed E-state index contributed by atoms with van der Waals surface area (Å²) in [5.41, 5.74) is 1.60. The summed E-state index contributed by atoms with van der Waals surface area (Å²) >= 11 is 0. The Hall–Kier alpha value is -2.04. The number of rotatable bonds is 6. The van der Waals surface area contributed by atoms with Crippen LogP contribution in [0.3, 0.4) is 0 Å². The van der Waals surface area contributed by atoms with Crippen molar-refractivity contribution in [2.45, 2.75) is 38.6 Å². The lowest BCUT2D eigenvalue weighted by Gasteiger charge is -2.08. The van der Waals surface area contributed by atoms with Crippen molar-refractivity contribution < 1.29 is 14.7 Å². The largest absolute Gasteiger partial charge is 0.481 e. The van der Waals surface area contributed by atoms with Gasteiger partial charge in [0.1, 0.15) is 0 Å². The Morgan fingerprint density at radius 2 is 2.20 bits per heavy atom. The molecule has 3 N–H and O–H groups in total. The second kappa shape index (κ2) is 6.41. The van der Waals surface area contributed by atoms with Crippen LogP contribution in [0.5, 0.6) is 0 Å². The van der Waals surface area contributed by atoms with Crippen molar-refractivity contribution in [1.82, 2.24) is 5.32 Å². The van der Waals surface area contributed by atoms with Crippen molar-refractivity contribution in [3.05, 3.63) is 29.8 Å². The molecular formula is C15H20N2O3. The standard InChI is InChI=1S/C15H20N2O3/c1-2-11-9-13(11)17-15(20)16-12-5-3-4-10(8-12)6-7-14(18)19/h3-5,8,11,13H,2,6-7,9H2,1H3,(H,18,19)(H2,16,17,20). The minimum absolute atomic E-state index is 0.0932. The van der Waals surface area contributed by atoms with Gasteiger partial charge in [-0.1, -0.05) is 25.5 Å². The van der Waals surface area contributed by atoms with Crippen molar-refractivity contribution in [3.63, 3.8) is 0 Å². The first-order valence-electron chi connectivity index (χ1n) is 6.96. The third-order valence-electron chi connectivity index (χ3n) is 3.58. The van der Waals surface area contributed by atoms with Gasteiger partial charge in [-0.05, 0) is 36.5 Å². The lowest BCUT2D eigenvalue weighted by Crippen LogP contribution is -2.31. The van der Waals surface area contributed by atoms with E-state index in [4.69, 9.17) is 5.11 Å². The van der Waals surface area contributed by atoms with Gasteiger partial charge < -0.3 is 15.7 Å². The summed E-state index contributed by atoms with van der Waals surface area (Å²) in [6.45, 7) is 2.12. The number of aryl methyl sites for hydroxylation is 1. The lowest BCUT2D eigenvalue weighted by molar-refractivity contribution is -0.136. The molecule has 1 aliphatic rings. The first-order chi connectivity index (χ1) is 9.58. The van der Waals surface area contributed by atoms with E-state index >= 15 is 0 Å². The number of benzene rings is 1. The van der Waals surface area contributed by atoms with Crippen LogP contribution < -0.4 is 10.6 Å². The van der Waals surface area contributed by atoms with Gasteiger partial charge in [0.2, 0.25) is 0 Å². The van der Waals surface area contributed by atoms with E-state index in [0.29, 0.717) is 24.1 Å². The zero-order valence-electron chi connectivity index (χ0n) is 11.6. The molecule has 0 spiro atoms. The summed E-state index contributed by atoms with van der Waals surface area (Å²) in [6, 6.07) is 7.40. The van der Waals surface area contributed by atoms with E-state index in [0.717, 1.165) is 18.4 Å². The van der Waals surface area contributed by atoms with Gasteiger partial charge >= 0.3 is 12.0 Å². The average Bonchev–Trinajstić information content (AvgIpc) is 3.15. The molecule has 0 aliphatic heterocycles. The molecule has 0 saturated heterocycles. The molecule has 20 heavy (non-hydrogen) atoms. The Balaban J connectivity index is 1.84. The molecular weight excluding hydrogens is 256 g/mol. The highest BCUT2D eigenvalue weighted by Crippen LogP contribution is 2.33. The van der Waals surface area contributed by atoms with E-state index in [1.54, 1.807) is 6.07 Å². The number of amides is 2. The topological polar surface area (TPSA) is 78.4 Å². The van der Waals surface area contributed by atoms with Crippen LogP contribution in [0.1, 0.15) is 31.7 Å². The summed E-state index contributed by atoms with van der Waals surface area (Å²) in [5, 5.41) is 14.4. The Kier molecular flexibility index (Phi) is 4.61. The molecule has 0 radical (unpaired) electrons. The number of carboxylic acids is 1. The second-order valence-corrected chi connectivity index (χ2v) is 5.20. The number of carbonyl (C=O) groups excluding carboxylic acids is 1. The van der Waals surface area contributed by atoms with Gasteiger partial charge in [0.15, 0.2) is 0 Å². The molecule has 1 aliphatic carbocycles. The molecule has 0 heterocycles. The van der Waals surface area contributed by atoms with Gasteiger partial charge in [-0.25, -0.2) is 4.79 Å². The summed E-state index contributed by atoms with van der Waals surface area (Å²) in [6.07, 6.45) is 2.71. The fourth-order valence-electron chi connectivity index (χ4n) is 2.27. The molecule has 2 unspecified atom stereocenters. The highest BCUT2D eigenvalue weighted by molar-refractivity contribution is 5.89. The Morgan fingerprint density at radius 3 is 2.85 bits per heavy atom. The van der Waals surface area contributed by atoms with Gasteiger partial charge in [0.25, 0.3) is 0 Å². The molecule has 2 rings (SSSR count). The van der Waals surface area contributed by atoms with Crippen LogP contribution in [0.25, 0.3) is 0 Å². The monoisotopic (exact) mass is 276 g/mol. The van der Waals surface area contributed by atoms with Gasteiger partial charge in [0, 0.05) is 18.2 Å². The highest BCUT2D eigenvalue weighted by atomic mass is 16.4. The second-order valence-electron chi connectivity index (χ2n) is 5.20. The fourth-order valence-corrected chi connectivity index (χ4v) is 2.27. The minimum atomic E-state index is -0.819. The Morgan fingerprint density at radius 1 is 1.40 bits per heavy atom. The van der Waals surface area contributed by atoms with E-state index < -0.39 is 5.97 Å². The molecule has 2 amide bonds. The molecule has 1 saturated carbocycles. The molecule has 0 bridgehead atoms. The Bertz CT molecular complexity index is 502. The number of nitrogens with one attached hydrogen (secondary N) is 2. The minimum Gasteiger partial charge on any atom is -0.481 e. The van der Waals surface area contributed by atoms with Crippen LogP contribution >= 0.6 is 0 Å². The number of carboxylic acid groups (broad SMARTS) is 1. The maximum absolute atomic E-state index is 11.8. The summed E-state index contributed by atoms with van der Waals surface area (Å²) in [4.78, 5) is 22.3. The summed E-state index contributed by atoms with van der Waals surface area (Å²) in [5.74, 6) is -0.205. The van der Waals surface area contributed by atoms with E-state index in [-0.39, 0.29) is 12.5 Å². The number of urea groups is 1. The quantitative estimate of drug-likeness (QED) is 0.747. The van der Waals surface area contributed by atoms with Crippen molar-refractivity contribution in [2.75, 3.05) is 5.32 Å². The maximum Gasteiger partial charge on any atom is 0.319 e. The van der Waals surface area contributed by atoms with Gasteiger partial charge in [-0.2, -0.15) is 0 Å². The molecule has 108 valence electrons.